The fraction of sp³-hybridized carbons (Fsp3) is 0.600. The van der Waals surface area contributed by atoms with Crippen LogP contribution in [-0.2, 0) is 14.5 Å². The first-order valence-corrected chi connectivity index (χ1v) is 8.49. The second-order valence-electron chi connectivity index (χ2n) is 5.32. The molecule has 0 N–H and O–H groups in total. The molecule has 1 aromatic rings. The molecular formula is C15H19ClO3S. The van der Waals surface area contributed by atoms with E-state index >= 15 is 0 Å². The van der Waals surface area contributed by atoms with Crippen LogP contribution in [0.1, 0.15) is 32.1 Å². The van der Waals surface area contributed by atoms with Gasteiger partial charge in [-0.1, -0.05) is 11.6 Å². The first-order valence-electron chi connectivity index (χ1n) is 7.13. The summed E-state index contributed by atoms with van der Waals surface area (Å²) in [7, 11) is 0. The molecule has 1 saturated carbocycles. The van der Waals surface area contributed by atoms with E-state index < -0.39 is 5.79 Å². The van der Waals surface area contributed by atoms with Crippen LogP contribution in [0.5, 0.6) is 0 Å². The first-order chi connectivity index (χ1) is 9.76. The minimum Gasteiger partial charge on any atom is -0.344 e. The molecule has 3 rings (SSSR count). The third kappa shape index (κ3) is 3.68. The van der Waals surface area contributed by atoms with Crippen molar-refractivity contribution in [3.63, 3.8) is 0 Å². The van der Waals surface area contributed by atoms with Crippen molar-refractivity contribution >= 4 is 23.4 Å². The van der Waals surface area contributed by atoms with E-state index in [1.54, 1.807) is 11.8 Å². The Morgan fingerprint density at radius 1 is 1.20 bits per heavy atom. The maximum absolute atomic E-state index is 5.88. The summed E-state index contributed by atoms with van der Waals surface area (Å²) < 4.78 is 5.88. The molecule has 1 unspecified atom stereocenters. The second kappa shape index (κ2) is 6.67. The maximum Gasteiger partial charge on any atom is 0.201 e. The average Bonchev–Trinajstić information content (AvgIpc) is 2.92. The molecule has 20 heavy (non-hydrogen) atoms. The largest absolute Gasteiger partial charge is 0.344 e. The smallest absolute Gasteiger partial charge is 0.201 e. The molecule has 1 spiro atoms. The van der Waals surface area contributed by atoms with Crippen molar-refractivity contribution in [2.45, 2.75) is 48.9 Å². The lowest BCUT2D eigenvalue weighted by atomic mass is 10.2. The zero-order chi connectivity index (χ0) is 13.8. The third-order valence-electron chi connectivity index (χ3n) is 3.76. The van der Waals surface area contributed by atoms with Gasteiger partial charge in [-0.25, -0.2) is 9.78 Å². The van der Waals surface area contributed by atoms with Gasteiger partial charge in [0.25, 0.3) is 0 Å². The van der Waals surface area contributed by atoms with Crippen LogP contribution in [-0.4, -0.2) is 24.3 Å². The molecule has 0 bridgehead atoms. The molecule has 0 aromatic heterocycles. The Morgan fingerprint density at radius 2 is 1.95 bits per heavy atom. The monoisotopic (exact) mass is 314 g/mol. The summed E-state index contributed by atoms with van der Waals surface area (Å²) in [4.78, 5) is 12.2. The van der Waals surface area contributed by atoms with Gasteiger partial charge in [-0.15, -0.1) is 11.8 Å². The molecule has 1 heterocycles. The fourth-order valence-electron chi connectivity index (χ4n) is 2.56. The number of rotatable bonds is 4. The molecule has 110 valence electrons. The lowest BCUT2D eigenvalue weighted by Gasteiger charge is -2.35. The van der Waals surface area contributed by atoms with Gasteiger partial charge in [0.2, 0.25) is 5.79 Å². The summed E-state index contributed by atoms with van der Waals surface area (Å²) in [5, 5.41) is 0.772. The van der Waals surface area contributed by atoms with Crippen LogP contribution in [0, 0.1) is 0 Å². The van der Waals surface area contributed by atoms with E-state index in [2.05, 4.69) is 0 Å². The van der Waals surface area contributed by atoms with Crippen molar-refractivity contribution in [2.24, 2.45) is 0 Å². The van der Waals surface area contributed by atoms with Crippen molar-refractivity contribution in [1.29, 1.82) is 0 Å². The van der Waals surface area contributed by atoms with Gasteiger partial charge in [-0.05, 0) is 43.5 Å². The van der Waals surface area contributed by atoms with Crippen molar-refractivity contribution in [3.8, 4) is 0 Å². The summed E-state index contributed by atoms with van der Waals surface area (Å²) in [6.07, 6.45) is 5.21. The van der Waals surface area contributed by atoms with E-state index in [-0.39, 0.29) is 6.10 Å². The molecule has 1 saturated heterocycles. The van der Waals surface area contributed by atoms with E-state index in [1.165, 1.54) is 17.7 Å². The highest BCUT2D eigenvalue weighted by molar-refractivity contribution is 7.99. The molecule has 2 aliphatic rings. The Bertz CT molecular complexity index is 421. The van der Waals surface area contributed by atoms with E-state index in [4.69, 9.17) is 26.1 Å². The van der Waals surface area contributed by atoms with Gasteiger partial charge in [-0.3, -0.25) is 0 Å². The Hall–Kier alpha value is -0.260. The summed E-state index contributed by atoms with van der Waals surface area (Å²) in [6, 6.07) is 7.90. The molecule has 3 nitrogen and oxygen atoms in total. The zero-order valence-corrected chi connectivity index (χ0v) is 12.9. The summed E-state index contributed by atoms with van der Waals surface area (Å²) >= 11 is 7.66. The molecule has 1 aliphatic heterocycles. The van der Waals surface area contributed by atoms with Crippen molar-refractivity contribution < 1.29 is 14.5 Å². The Kier molecular flexibility index (Phi) is 4.89. The van der Waals surface area contributed by atoms with Gasteiger partial charge in [0.05, 0.1) is 6.61 Å². The quantitative estimate of drug-likeness (QED) is 0.606. The standard InChI is InChI=1S/C15H19ClO3S/c16-12-3-5-14(6-4-12)20-10-7-13-11-17-15(19-18-13)8-1-2-9-15/h3-6,13H,1-2,7-11H2. The normalized spacial score (nSPS) is 25.1. The second-order valence-corrected chi connectivity index (χ2v) is 6.93. The number of benzene rings is 1. The fourth-order valence-corrected chi connectivity index (χ4v) is 3.64. The van der Waals surface area contributed by atoms with Crippen LogP contribution in [0.25, 0.3) is 0 Å². The van der Waals surface area contributed by atoms with Crippen LogP contribution in [0.2, 0.25) is 5.02 Å². The topological polar surface area (TPSA) is 27.7 Å². The number of hydrogen-bond donors (Lipinski definition) is 0. The van der Waals surface area contributed by atoms with Crippen LogP contribution in [0.3, 0.4) is 0 Å². The molecule has 0 amide bonds. The predicted molar refractivity (Wildman–Crippen MR) is 79.9 cm³/mol. The van der Waals surface area contributed by atoms with Gasteiger partial charge in [-0.2, -0.15) is 0 Å². The van der Waals surface area contributed by atoms with E-state index in [9.17, 15) is 0 Å². The molecule has 1 aromatic carbocycles. The third-order valence-corrected chi connectivity index (χ3v) is 5.05. The van der Waals surface area contributed by atoms with Crippen molar-refractivity contribution in [2.75, 3.05) is 12.4 Å². The van der Waals surface area contributed by atoms with Crippen molar-refractivity contribution in [1.82, 2.24) is 0 Å². The molecular weight excluding hydrogens is 296 g/mol. The van der Waals surface area contributed by atoms with Gasteiger partial charge < -0.3 is 4.74 Å². The molecule has 2 fully saturated rings. The summed E-state index contributed by atoms with van der Waals surface area (Å²) in [6.45, 7) is 0.640. The highest BCUT2D eigenvalue weighted by atomic mass is 35.5. The average molecular weight is 315 g/mol. The highest BCUT2D eigenvalue weighted by Crippen LogP contribution is 2.37. The van der Waals surface area contributed by atoms with Gasteiger partial charge >= 0.3 is 0 Å². The first kappa shape index (κ1) is 14.7. The predicted octanol–water partition coefficient (Wildman–Crippen LogP) is 4.44. The maximum atomic E-state index is 5.88. The summed E-state index contributed by atoms with van der Waals surface area (Å²) in [5.41, 5.74) is 0. The summed E-state index contributed by atoms with van der Waals surface area (Å²) in [5.74, 6) is 0.547. The Morgan fingerprint density at radius 3 is 2.60 bits per heavy atom. The van der Waals surface area contributed by atoms with Crippen molar-refractivity contribution in [3.05, 3.63) is 29.3 Å². The molecule has 1 aliphatic carbocycles. The Labute approximate surface area is 128 Å². The van der Waals surface area contributed by atoms with Gasteiger partial charge in [0.15, 0.2) is 0 Å². The molecule has 5 heteroatoms. The Balaban J connectivity index is 1.38. The van der Waals surface area contributed by atoms with Gasteiger partial charge in [0.1, 0.15) is 6.10 Å². The number of hydrogen-bond acceptors (Lipinski definition) is 4. The molecule has 0 radical (unpaired) electrons. The minimum absolute atomic E-state index is 0.0426. The van der Waals surface area contributed by atoms with E-state index in [0.29, 0.717) is 6.61 Å². The number of ether oxygens (including phenoxy) is 1. The van der Waals surface area contributed by atoms with Crippen LogP contribution in [0.4, 0.5) is 0 Å². The van der Waals surface area contributed by atoms with Gasteiger partial charge in [0, 0.05) is 28.5 Å². The lowest BCUT2D eigenvalue weighted by Crippen LogP contribution is -2.43. The number of halogens is 1. The minimum atomic E-state index is -0.431. The highest BCUT2D eigenvalue weighted by Gasteiger charge is 2.41. The van der Waals surface area contributed by atoms with Crippen LogP contribution >= 0.6 is 23.4 Å². The van der Waals surface area contributed by atoms with Crippen LogP contribution in [0.15, 0.2) is 29.2 Å². The van der Waals surface area contributed by atoms with Crippen LogP contribution < -0.4 is 0 Å². The number of thioether (sulfide) groups is 1. The van der Waals surface area contributed by atoms with E-state index in [0.717, 1.165) is 30.0 Å². The van der Waals surface area contributed by atoms with E-state index in [1.807, 2.05) is 24.3 Å². The zero-order valence-electron chi connectivity index (χ0n) is 11.3. The lowest BCUT2D eigenvalue weighted by molar-refractivity contribution is -0.484. The SMILES string of the molecule is Clc1ccc(SCCC2COC3(CCCC3)OO2)cc1. The molecule has 1 atom stereocenters.